The number of aryl methyl sites for hydroxylation is 1. The van der Waals surface area contributed by atoms with E-state index in [4.69, 9.17) is 5.73 Å². The lowest BCUT2D eigenvalue weighted by molar-refractivity contribution is 0.632. The molecule has 1 aromatic heterocycles. The molecule has 0 spiro atoms. The van der Waals surface area contributed by atoms with Crippen molar-refractivity contribution < 1.29 is 4.39 Å². The molecule has 0 saturated carbocycles. The Kier molecular flexibility index (Phi) is 3.81. The van der Waals surface area contributed by atoms with Crippen LogP contribution < -0.4 is 5.73 Å². The molecule has 3 heteroatoms. The lowest BCUT2D eigenvalue weighted by atomic mass is 9.95. The first kappa shape index (κ1) is 13.3. The minimum atomic E-state index is -0.186. The first-order chi connectivity index (χ1) is 9.75. The van der Waals surface area contributed by atoms with Gasteiger partial charge < -0.3 is 5.73 Å². The van der Waals surface area contributed by atoms with Gasteiger partial charge in [0.05, 0.1) is 0 Å². The molecule has 0 aliphatic heterocycles. The Morgan fingerprint density at radius 2 is 1.85 bits per heavy atom. The molecule has 2 aromatic carbocycles. The predicted molar refractivity (Wildman–Crippen MR) is 83.5 cm³/mol. The van der Waals surface area contributed by atoms with E-state index in [0.29, 0.717) is 5.39 Å². The normalized spacial score (nSPS) is 12.7. The molecule has 0 saturated heterocycles. The van der Waals surface area contributed by atoms with Crippen LogP contribution >= 0.6 is 11.3 Å². The quantitative estimate of drug-likeness (QED) is 0.740. The summed E-state index contributed by atoms with van der Waals surface area (Å²) >= 11 is 1.70. The summed E-state index contributed by atoms with van der Waals surface area (Å²) in [6, 6.07) is 12.9. The second-order valence-corrected chi connectivity index (χ2v) is 5.74. The van der Waals surface area contributed by atoms with Crippen molar-refractivity contribution in [3.05, 3.63) is 70.2 Å². The summed E-state index contributed by atoms with van der Waals surface area (Å²) in [5, 5.41) is 5.80. The molecular formula is C17H16FNS. The van der Waals surface area contributed by atoms with E-state index in [2.05, 4.69) is 16.8 Å². The van der Waals surface area contributed by atoms with E-state index < -0.39 is 0 Å². The van der Waals surface area contributed by atoms with Gasteiger partial charge in [-0.3, -0.25) is 0 Å². The van der Waals surface area contributed by atoms with Gasteiger partial charge >= 0.3 is 0 Å². The van der Waals surface area contributed by atoms with Crippen molar-refractivity contribution in [2.45, 2.75) is 18.9 Å². The highest BCUT2D eigenvalue weighted by Gasteiger charge is 2.12. The van der Waals surface area contributed by atoms with E-state index in [0.717, 1.165) is 23.8 Å². The summed E-state index contributed by atoms with van der Waals surface area (Å²) in [5.41, 5.74) is 8.65. The van der Waals surface area contributed by atoms with Crippen molar-refractivity contribution in [1.82, 2.24) is 0 Å². The molecule has 0 aliphatic carbocycles. The Bertz CT molecular complexity index is 706. The van der Waals surface area contributed by atoms with Crippen molar-refractivity contribution in [1.29, 1.82) is 0 Å². The van der Waals surface area contributed by atoms with E-state index >= 15 is 0 Å². The van der Waals surface area contributed by atoms with Gasteiger partial charge in [0, 0.05) is 11.4 Å². The molecule has 0 aliphatic rings. The Labute approximate surface area is 121 Å². The maximum atomic E-state index is 13.8. The largest absolute Gasteiger partial charge is 0.324 e. The molecule has 1 nitrogen and oxygen atoms in total. The molecular weight excluding hydrogens is 269 g/mol. The Balaban J connectivity index is 1.88. The molecule has 0 radical (unpaired) electrons. The van der Waals surface area contributed by atoms with Gasteiger partial charge in [0.2, 0.25) is 0 Å². The molecule has 102 valence electrons. The van der Waals surface area contributed by atoms with Crippen LogP contribution in [0.25, 0.3) is 10.8 Å². The van der Waals surface area contributed by atoms with Crippen LogP contribution in [0.5, 0.6) is 0 Å². The predicted octanol–water partition coefficient (Wildman–Crippen LogP) is 4.67. The third-order valence-corrected chi connectivity index (χ3v) is 4.36. The number of halogens is 1. The zero-order chi connectivity index (χ0) is 13.9. The summed E-state index contributed by atoms with van der Waals surface area (Å²) in [7, 11) is 0. The van der Waals surface area contributed by atoms with E-state index in [1.54, 1.807) is 17.4 Å². The second-order valence-electron chi connectivity index (χ2n) is 4.96. The number of hydrogen-bond donors (Lipinski definition) is 1. The highest BCUT2D eigenvalue weighted by Crippen LogP contribution is 2.27. The minimum absolute atomic E-state index is 0.0691. The topological polar surface area (TPSA) is 26.0 Å². The molecule has 1 heterocycles. The van der Waals surface area contributed by atoms with Crippen LogP contribution in [0.1, 0.15) is 23.6 Å². The standard InChI is InChI=1S/C17H16FNS/c18-16-7-6-15(13-3-1-2-4-14(13)16)17(19)8-5-12-9-10-20-11-12/h1-4,6-7,9-11,17H,5,8,19H2. The Hall–Kier alpha value is -1.71. The van der Waals surface area contributed by atoms with Crippen LogP contribution in [0.3, 0.4) is 0 Å². The average molecular weight is 285 g/mol. The highest BCUT2D eigenvalue weighted by atomic mass is 32.1. The number of rotatable bonds is 4. The van der Waals surface area contributed by atoms with Gasteiger partial charge in [-0.15, -0.1) is 0 Å². The smallest absolute Gasteiger partial charge is 0.131 e. The van der Waals surface area contributed by atoms with Crippen molar-refractivity contribution in [3.8, 4) is 0 Å². The van der Waals surface area contributed by atoms with Crippen LogP contribution in [0.2, 0.25) is 0 Å². The number of fused-ring (bicyclic) bond motifs is 1. The molecule has 0 amide bonds. The number of nitrogens with two attached hydrogens (primary N) is 1. The van der Waals surface area contributed by atoms with Crippen LogP contribution in [0.15, 0.2) is 53.2 Å². The highest BCUT2D eigenvalue weighted by molar-refractivity contribution is 7.07. The first-order valence-corrected chi connectivity index (χ1v) is 7.64. The van der Waals surface area contributed by atoms with Crippen molar-refractivity contribution in [2.75, 3.05) is 0 Å². The molecule has 1 unspecified atom stereocenters. The summed E-state index contributed by atoms with van der Waals surface area (Å²) in [5.74, 6) is -0.186. The van der Waals surface area contributed by atoms with Gasteiger partial charge in [-0.25, -0.2) is 4.39 Å². The van der Waals surface area contributed by atoms with Gasteiger partial charge in [-0.2, -0.15) is 11.3 Å². The third kappa shape index (κ3) is 2.60. The van der Waals surface area contributed by atoms with Crippen molar-refractivity contribution >= 4 is 22.1 Å². The van der Waals surface area contributed by atoms with Crippen molar-refractivity contribution in [2.24, 2.45) is 5.73 Å². The zero-order valence-corrected chi connectivity index (χ0v) is 11.9. The van der Waals surface area contributed by atoms with Crippen LogP contribution in [0.4, 0.5) is 4.39 Å². The number of thiophene rings is 1. The second kappa shape index (κ2) is 5.73. The average Bonchev–Trinajstić information content (AvgIpc) is 2.99. The molecule has 0 fully saturated rings. The molecule has 2 N–H and O–H groups in total. The molecule has 1 atom stereocenters. The maximum Gasteiger partial charge on any atom is 0.131 e. The van der Waals surface area contributed by atoms with E-state index in [9.17, 15) is 4.39 Å². The summed E-state index contributed by atoms with van der Waals surface area (Å²) in [6.45, 7) is 0. The number of benzene rings is 2. The van der Waals surface area contributed by atoms with Gasteiger partial charge in [0.1, 0.15) is 5.82 Å². The molecule has 0 bridgehead atoms. The van der Waals surface area contributed by atoms with Crippen molar-refractivity contribution in [3.63, 3.8) is 0 Å². The van der Waals surface area contributed by atoms with E-state index in [1.807, 2.05) is 24.3 Å². The molecule has 3 rings (SSSR count). The summed E-state index contributed by atoms with van der Waals surface area (Å²) in [6.07, 6.45) is 1.82. The first-order valence-electron chi connectivity index (χ1n) is 6.69. The SMILES string of the molecule is NC(CCc1ccsc1)c1ccc(F)c2ccccc12. The van der Waals surface area contributed by atoms with Gasteiger partial charge in [0.25, 0.3) is 0 Å². The number of hydrogen-bond acceptors (Lipinski definition) is 2. The fraction of sp³-hybridized carbons (Fsp3) is 0.176. The van der Waals surface area contributed by atoms with Crippen LogP contribution in [-0.4, -0.2) is 0 Å². The van der Waals surface area contributed by atoms with Gasteiger partial charge in [-0.1, -0.05) is 30.3 Å². The van der Waals surface area contributed by atoms with Crippen LogP contribution in [0, 0.1) is 5.82 Å². The third-order valence-electron chi connectivity index (χ3n) is 3.63. The minimum Gasteiger partial charge on any atom is -0.324 e. The van der Waals surface area contributed by atoms with Gasteiger partial charge in [0.15, 0.2) is 0 Å². The zero-order valence-electron chi connectivity index (χ0n) is 11.1. The van der Waals surface area contributed by atoms with E-state index in [-0.39, 0.29) is 11.9 Å². The lowest BCUT2D eigenvalue weighted by Crippen LogP contribution is -2.12. The molecule has 3 aromatic rings. The Morgan fingerprint density at radius 3 is 2.60 bits per heavy atom. The van der Waals surface area contributed by atoms with Crippen LogP contribution in [-0.2, 0) is 6.42 Å². The maximum absolute atomic E-state index is 13.8. The van der Waals surface area contributed by atoms with Gasteiger partial charge in [-0.05, 0) is 52.2 Å². The molecule has 20 heavy (non-hydrogen) atoms. The summed E-state index contributed by atoms with van der Waals surface area (Å²) < 4.78 is 13.8. The lowest BCUT2D eigenvalue weighted by Gasteiger charge is -2.15. The Morgan fingerprint density at radius 1 is 1.05 bits per heavy atom. The van der Waals surface area contributed by atoms with E-state index in [1.165, 1.54) is 11.6 Å². The summed E-state index contributed by atoms with van der Waals surface area (Å²) in [4.78, 5) is 0. The fourth-order valence-electron chi connectivity index (χ4n) is 2.52. The fourth-order valence-corrected chi connectivity index (χ4v) is 3.22. The monoisotopic (exact) mass is 285 g/mol.